The van der Waals surface area contributed by atoms with E-state index < -0.39 is 11.2 Å². The lowest BCUT2D eigenvalue weighted by molar-refractivity contribution is -0.129. The molecule has 1 amide bonds. The maximum absolute atomic E-state index is 11.8. The molecule has 1 N–H and O–H groups in total. The summed E-state index contributed by atoms with van der Waals surface area (Å²) in [6.07, 6.45) is 2.70. The van der Waals surface area contributed by atoms with Crippen LogP contribution in [0.5, 0.6) is 0 Å². The zero-order valence-corrected chi connectivity index (χ0v) is 10.7. The van der Waals surface area contributed by atoms with Gasteiger partial charge < -0.3 is 4.90 Å². The summed E-state index contributed by atoms with van der Waals surface area (Å²) in [5, 5.41) is 0. The number of alkyl halides is 1. The van der Waals surface area contributed by atoms with E-state index >= 15 is 0 Å². The van der Waals surface area contributed by atoms with E-state index in [4.69, 9.17) is 11.6 Å². The second-order valence-corrected chi connectivity index (χ2v) is 4.04. The van der Waals surface area contributed by atoms with Crippen molar-refractivity contribution in [1.82, 2.24) is 14.5 Å². The van der Waals surface area contributed by atoms with Gasteiger partial charge in [0.05, 0.1) is 0 Å². The first-order valence-corrected chi connectivity index (χ1v) is 5.81. The van der Waals surface area contributed by atoms with Crippen LogP contribution in [0.1, 0.15) is 5.56 Å². The molecule has 0 radical (unpaired) electrons. The third kappa shape index (κ3) is 3.33. The maximum atomic E-state index is 11.8. The van der Waals surface area contributed by atoms with Crippen LogP contribution in [0.15, 0.2) is 28.6 Å². The van der Waals surface area contributed by atoms with Gasteiger partial charge in [-0.1, -0.05) is 6.58 Å². The monoisotopic (exact) mass is 271 g/mol. The van der Waals surface area contributed by atoms with Crippen LogP contribution in [-0.4, -0.2) is 32.8 Å². The Labute approximate surface area is 108 Å². The Morgan fingerprint density at radius 1 is 1.61 bits per heavy atom. The van der Waals surface area contributed by atoms with Gasteiger partial charge in [0, 0.05) is 24.2 Å². The topological polar surface area (TPSA) is 75.2 Å². The van der Waals surface area contributed by atoms with Gasteiger partial charge in [-0.3, -0.25) is 19.1 Å². The van der Waals surface area contributed by atoms with Gasteiger partial charge in [-0.15, -0.1) is 11.6 Å². The second-order valence-electron chi connectivity index (χ2n) is 3.66. The number of carbonyl (C=O) groups is 1. The van der Waals surface area contributed by atoms with Crippen LogP contribution in [0.3, 0.4) is 0 Å². The fraction of sp³-hybridized carbons (Fsp3) is 0.364. The number of halogens is 1. The van der Waals surface area contributed by atoms with E-state index in [1.54, 1.807) is 6.92 Å². The molecule has 1 aromatic rings. The fourth-order valence-electron chi connectivity index (χ4n) is 1.38. The van der Waals surface area contributed by atoms with Crippen molar-refractivity contribution < 1.29 is 4.79 Å². The number of H-pyrrole nitrogens is 1. The Hall–Kier alpha value is -1.82. The van der Waals surface area contributed by atoms with Crippen LogP contribution < -0.4 is 11.2 Å². The molecule has 0 saturated carbocycles. The normalized spacial score (nSPS) is 10.1. The third-order valence-electron chi connectivity index (χ3n) is 2.36. The van der Waals surface area contributed by atoms with Crippen molar-refractivity contribution in [3.05, 3.63) is 45.4 Å². The Kier molecular flexibility index (Phi) is 4.91. The first kappa shape index (κ1) is 14.2. The number of aryl methyl sites for hydroxylation is 1. The van der Waals surface area contributed by atoms with Gasteiger partial charge in [0.2, 0.25) is 5.91 Å². The molecular formula is C11H14ClN3O3. The number of aromatic amines is 1. The van der Waals surface area contributed by atoms with Gasteiger partial charge in [-0.05, 0) is 13.1 Å². The van der Waals surface area contributed by atoms with Crippen LogP contribution in [0.2, 0.25) is 0 Å². The lowest BCUT2D eigenvalue weighted by Gasteiger charge is -2.17. The molecular weight excluding hydrogens is 258 g/mol. The Balaban J connectivity index is 2.94. The predicted molar refractivity (Wildman–Crippen MR) is 68.7 cm³/mol. The zero-order valence-electron chi connectivity index (χ0n) is 9.98. The summed E-state index contributed by atoms with van der Waals surface area (Å²) in [6.45, 7) is 5.21. The molecule has 1 aromatic heterocycles. The molecule has 0 aliphatic heterocycles. The van der Waals surface area contributed by atoms with Gasteiger partial charge in [-0.2, -0.15) is 0 Å². The first-order valence-electron chi connectivity index (χ1n) is 5.28. The average molecular weight is 272 g/mol. The number of aromatic nitrogens is 2. The number of nitrogens with one attached hydrogen (secondary N) is 1. The van der Waals surface area contributed by atoms with Gasteiger partial charge in [0.15, 0.2) is 0 Å². The molecule has 0 aliphatic rings. The minimum Gasteiger partial charge on any atom is -0.317 e. The summed E-state index contributed by atoms with van der Waals surface area (Å²) < 4.78 is 1.14. The summed E-state index contributed by atoms with van der Waals surface area (Å²) in [7, 11) is 0. The summed E-state index contributed by atoms with van der Waals surface area (Å²) in [4.78, 5) is 37.9. The third-order valence-corrected chi connectivity index (χ3v) is 2.53. The van der Waals surface area contributed by atoms with Crippen molar-refractivity contribution in [3.63, 3.8) is 0 Å². The average Bonchev–Trinajstić information content (AvgIpc) is 2.32. The van der Waals surface area contributed by atoms with Gasteiger partial charge >= 0.3 is 5.69 Å². The van der Waals surface area contributed by atoms with E-state index in [2.05, 4.69) is 11.6 Å². The molecule has 0 fully saturated rings. The van der Waals surface area contributed by atoms with Crippen molar-refractivity contribution in [1.29, 1.82) is 0 Å². The van der Waals surface area contributed by atoms with E-state index in [0.29, 0.717) is 12.1 Å². The summed E-state index contributed by atoms with van der Waals surface area (Å²) in [5.74, 6) is -0.0451. The van der Waals surface area contributed by atoms with Crippen LogP contribution in [-0.2, 0) is 11.3 Å². The van der Waals surface area contributed by atoms with E-state index in [1.165, 1.54) is 17.3 Å². The van der Waals surface area contributed by atoms with Crippen LogP contribution in [0, 0.1) is 6.92 Å². The summed E-state index contributed by atoms with van der Waals surface area (Å²) in [6, 6.07) is 0. The standard InChI is InChI=1S/C11H14ClN3O3/c1-3-14(5-4-12)9(16)7-15-6-8(2)10(17)13-11(15)18/h3,6H,1,4-5,7H2,2H3,(H,13,17,18). The Morgan fingerprint density at radius 2 is 2.28 bits per heavy atom. The molecule has 1 rings (SSSR count). The van der Waals surface area contributed by atoms with Crippen molar-refractivity contribution in [3.8, 4) is 0 Å². The lowest BCUT2D eigenvalue weighted by atomic mass is 10.4. The van der Waals surface area contributed by atoms with Crippen molar-refractivity contribution in [2.45, 2.75) is 13.5 Å². The number of rotatable bonds is 5. The van der Waals surface area contributed by atoms with Crippen LogP contribution in [0.4, 0.5) is 0 Å². The predicted octanol–water partition coefficient (Wildman–Crippen LogP) is 0.0559. The van der Waals surface area contributed by atoms with Gasteiger partial charge in [-0.25, -0.2) is 4.79 Å². The van der Waals surface area contributed by atoms with E-state index in [9.17, 15) is 14.4 Å². The van der Waals surface area contributed by atoms with Gasteiger partial charge in [0.25, 0.3) is 5.56 Å². The molecule has 6 nitrogen and oxygen atoms in total. The van der Waals surface area contributed by atoms with Crippen molar-refractivity contribution in [2.24, 2.45) is 0 Å². The first-order chi connectivity index (χ1) is 8.49. The highest BCUT2D eigenvalue weighted by Gasteiger charge is 2.12. The highest BCUT2D eigenvalue weighted by molar-refractivity contribution is 6.18. The summed E-state index contributed by atoms with van der Waals surface area (Å²) in [5.41, 5.74) is -0.705. The second kappa shape index (κ2) is 6.20. The largest absolute Gasteiger partial charge is 0.328 e. The molecule has 0 saturated heterocycles. The van der Waals surface area contributed by atoms with Gasteiger partial charge in [0.1, 0.15) is 6.54 Å². The van der Waals surface area contributed by atoms with Crippen molar-refractivity contribution in [2.75, 3.05) is 12.4 Å². The molecule has 0 aliphatic carbocycles. The molecule has 0 atom stereocenters. The lowest BCUT2D eigenvalue weighted by Crippen LogP contribution is -2.37. The number of nitrogens with zero attached hydrogens (tertiary/aromatic N) is 2. The number of amides is 1. The maximum Gasteiger partial charge on any atom is 0.328 e. The quantitative estimate of drug-likeness (QED) is 0.769. The Bertz CT molecular complexity index is 561. The molecule has 0 aromatic carbocycles. The van der Waals surface area contributed by atoms with Crippen LogP contribution >= 0.6 is 11.6 Å². The van der Waals surface area contributed by atoms with Crippen molar-refractivity contribution >= 4 is 17.5 Å². The minimum absolute atomic E-state index is 0.167. The van der Waals surface area contributed by atoms with E-state index in [1.807, 2.05) is 0 Å². The van der Waals surface area contributed by atoms with E-state index in [-0.39, 0.29) is 18.3 Å². The molecule has 1 heterocycles. The minimum atomic E-state index is -0.617. The van der Waals surface area contributed by atoms with Crippen LogP contribution in [0.25, 0.3) is 0 Å². The highest BCUT2D eigenvalue weighted by Crippen LogP contribution is 1.95. The fourth-order valence-corrected chi connectivity index (χ4v) is 1.56. The molecule has 18 heavy (non-hydrogen) atoms. The summed E-state index contributed by atoms with van der Waals surface area (Å²) >= 11 is 5.54. The van der Waals surface area contributed by atoms with E-state index in [0.717, 1.165) is 4.57 Å². The molecule has 98 valence electrons. The zero-order chi connectivity index (χ0) is 13.7. The number of hydrogen-bond acceptors (Lipinski definition) is 3. The molecule has 0 unspecified atom stereocenters. The highest BCUT2D eigenvalue weighted by atomic mass is 35.5. The molecule has 7 heteroatoms. The SMILES string of the molecule is C=CN(CCCl)C(=O)Cn1cc(C)c(=O)[nH]c1=O. The smallest absolute Gasteiger partial charge is 0.317 e. The molecule has 0 spiro atoms. The Morgan fingerprint density at radius 3 is 2.83 bits per heavy atom. The number of carbonyl (C=O) groups excluding carboxylic acids is 1. The number of hydrogen-bond donors (Lipinski definition) is 1. The molecule has 0 bridgehead atoms.